The lowest BCUT2D eigenvalue weighted by Crippen LogP contribution is -2.26. The number of carbonyl (C=O) groups excluding carboxylic acids is 1. The number of hydrogen-bond acceptors (Lipinski definition) is 6. The lowest BCUT2D eigenvalue weighted by atomic mass is 10.2. The van der Waals surface area contributed by atoms with Crippen LogP contribution in [0.15, 0.2) is 41.6 Å². The molecule has 2 aromatic rings. The zero-order valence-electron chi connectivity index (χ0n) is 15.0. The maximum atomic E-state index is 12.1. The molecule has 0 bridgehead atoms. The third-order valence-corrected chi connectivity index (χ3v) is 3.79. The van der Waals surface area contributed by atoms with Crippen molar-refractivity contribution in [2.75, 3.05) is 19.5 Å². The first-order valence-corrected chi connectivity index (χ1v) is 8.28. The Balaban J connectivity index is 2.00. The Hall–Kier alpha value is -3.24. The summed E-state index contributed by atoms with van der Waals surface area (Å²) in [5.41, 5.74) is 1.57. The van der Waals surface area contributed by atoms with Gasteiger partial charge in [0, 0.05) is 11.3 Å². The molecule has 8 heteroatoms. The predicted octanol–water partition coefficient (Wildman–Crippen LogP) is 3.61. The van der Waals surface area contributed by atoms with Crippen LogP contribution in [0.4, 0.5) is 5.69 Å². The number of rotatable bonds is 7. The monoisotopic (exact) mass is 387 g/mol. The summed E-state index contributed by atoms with van der Waals surface area (Å²) in [5, 5.41) is 15.7. The molecule has 0 aliphatic rings. The molecule has 0 saturated heterocycles. The summed E-state index contributed by atoms with van der Waals surface area (Å²) in [4.78, 5) is 17.3. The van der Waals surface area contributed by atoms with Crippen molar-refractivity contribution in [2.24, 2.45) is 5.16 Å². The molecule has 0 fully saturated rings. The fourth-order valence-electron chi connectivity index (χ4n) is 2.15. The molecule has 0 unspecified atom stereocenters. The van der Waals surface area contributed by atoms with Gasteiger partial charge in [0.1, 0.15) is 0 Å². The van der Waals surface area contributed by atoms with Crippen molar-refractivity contribution < 1.29 is 19.1 Å². The van der Waals surface area contributed by atoms with Gasteiger partial charge in [-0.2, -0.15) is 5.26 Å². The van der Waals surface area contributed by atoms with Crippen LogP contribution in [-0.2, 0) is 9.63 Å². The zero-order chi connectivity index (χ0) is 19.8. The van der Waals surface area contributed by atoms with Gasteiger partial charge in [-0.3, -0.25) is 4.79 Å². The number of benzene rings is 2. The second-order valence-electron chi connectivity index (χ2n) is 5.40. The average Bonchev–Trinajstić information content (AvgIpc) is 2.67. The van der Waals surface area contributed by atoms with E-state index in [1.165, 1.54) is 20.4 Å². The number of ether oxygens (including phenoxy) is 2. The molecule has 27 heavy (non-hydrogen) atoms. The Labute approximate surface area is 162 Å². The Morgan fingerprint density at radius 1 is 1.30 bits per heavy atom. The van der Waals surface area contributed by atoms with Gasteiger partial charge in [-0.25, -0.2) is 0 Å². The summed E-state index contributed by atoms with van der Waals surface area (Å²) in [5.74, 6) is 0.479. The molecule has 140 valence electrons. The molecule has 0 aromatic heterocycles. The van der Waals surface area contributed by atoms with E-state index in [1.54, 1.807) is 43.3 Å². The second-order valence-corrected chi connectivity index (χ2v) is 5.81. The average molecular weight is 388 g/mol. The zero-order valence-corrected chi connectivity index (χ0v) is 15.8. The molecular formula is C19H18ClN3O4. The molecule has 0 radical (unpaired) electrons. The standard InChI is InChI=1S/C19H18ClN3O4/c1-12(19(24)23-15-6-4-5-13(7-15)10-21)27-22-11-14-8-16(20)18(26-3)17(9-14)25-2/h4-9,11-12H,1-3H3,(H,23,24)/b22-11-/t12-/m1/s1. The summed E-state index contributed by atoms with van der Waals surface area (Å²) in [6, 6.07) is 11.9. The van der Waals surface area contributed by atoms with Gasteiger partial charge in [0.05, 0.1) is 37.1 Å². The molecule has 0 aliphatic carbocycles. The number of carbonyl (C=O) groups is 1. The van der Waals surface area contributed by atoms with Crippen molar-refractivity contribution in [3.8, 4) is 17.6 Å². The van der Waals surface area contributed by atoms with Crippen LogP contribution in [0.25, 0.3) is 0 Å². The molecule has 0 saturated carbocycles. The minimum absolute atomic E-state index is 0.362. The van der Waals surface area contributed by atoms with Crippen molar-refractivity contribution in [1.29, 1.82) is 5.26 Å². The Morgan fingerprint density at radius 3 is 2.74 bits per heavy atom. The van der Waals surface area contributed by atoms with E-state index < -0.39 is 12.0 Å². The third-order valence-electron chi connectivity index (χ3n) is 3.51. The van der Waals surface area contributed by atoms with Crippen LogP contribution in [0.2, 0.25) is 5.02 Å². The lowest BCUT2D eigenvalue weighted by molar-refractivity contribution is -0.126. The van der Waals surface area contributed by atoms with Gasteiger partial charge in [0.25, 0.3) is 5.91 Å². The van der Waals surface area contributed by atoms with Crippen LogP contribution in [0.5, 0.6) is 11.5 Å². The van der Waals surface area contributed by atoms with Crippen molar-refractivity contribution in [1.82, 2.24) is 0 Å². The summed E-state index contributed by atoms with van der Waals surface area (Å²) in [6.45, 7) is 1.56. The molecular weight excluding hydrogens is 370 g/mol. The Kier molecular flexibility index (Phi) is 7.03. The van der Waals surface area contributed by atoms with Gasteiger partial charge >= 0.3 is 0 Å². The molecule has 1 amide bonds. The number of amides is 1. The van der Waals surface area contributed by atoms with E-state index in [2.05, 4.69) is 10.5 Å². The number of hydrogen-bond donors (Lipinski definition) is 1. The normalized spacial score (nSPS) is 11.5. The summed E-state index contributed by atoms with van der Waals surface area (Å²) < 4.78 is 10.4. The van der Waals surface area contributed by atoms with Crippen LogP contribution in [0.3, 0.4) is 0 Å². The van der Waals surface area contributed by atoms with E-state index in [1.807, 2.05) is 6.07 Å². The van der Waals surface area contributed by atoms with Gasteiger partial charge < -0.3 is 19.6 Å². The van der Waals surface area contributed by atoms with Crippen LogP contribution in [0, 0.1) is 11.3 Å². The molecule has 0 aliphatic heterocycles. The summed E-state index contributed by atoms with van der Waals surface area (Å²) in [6.07, 6.45) is 0.566. The molecule has 1 N–H and O–H groups in total. The van der Waals surface area contributed by atoms with E-state index in [0.29, 0.717) is 33.3 Å². The van der Waals surface area contributed by atoms with E-state index in [4.69, 9.17) is 31.2 Å². The highest BCUT2D eigenvalue weighted by atomic mass is 35.5. The fraction of sp³-hybridized carbons (Fsp3) is 0.211. The molecule has 0 spiro atoms. The summed E-state index contributed by atoms with van der Waals surface area (Å²) >= 11 is 6.13. The molecule has 7 nitrogen and oxygen atoms in total. The number of oxime groups is 1. The minimum atomic E-state index is -0.845. The van der Waals surface area contributed by atoms with Crippen molar-refractivity contribution in [3.05, 3.63) is 52.5 Å². The highest BCUT2D eigenvalue weighted by molar-refractivity contribution is 6.32. The van der Waals surface area contributed by atoms with Gasteiger partial charge in [-0.05, 0) is 37.3 Å². The first kappa shape index (κ1) is 20.1. The van der Waals surface area contributed by atoms with E-state index in [-0.39, 0.29) is 0 Å². The fourth-order valence-corrected chi connectivity index (χ4v) is 2.45. The van der Waals surface area contributed by atoms with E-state index >= 15 is 0 Å². The maximum absolute atomic E-state index is 12.1. The number of nitriles is 1. The molecule has 1 atom stereocenters. The van der Waals surface area contributed by atoms with Crippen molar-refractivity contribution in [2.45, 2.75) is 13.0 Å². The van der Waals surface area contributed by atoms with E-state index in [0.717, 1.165) is 0 Å². The number of anilines is 1. The first-order chi connectivity index (χ1) is 13.0. The molecule has 2 aromatic carbocycles. The van der Waals surface area contributed by atoms with Crippen LogP contribution >= 0.6 is 11.6 Å². The highest BCUT2D eigenvalue weighted by Gasteiger charge is 2.15. The van der Waals surface area contributed by atoms with Gasteiger partial charge in [-0.1, -0.05) is 22.8 Å². The van der Waals surface area contributed by atoms with Crippen molar-refractivity contribution >= 4 is 29.4 Å². The summed E-state index contributed by atoms with van der Waals surface area (Å²) in [7, 11) is 2.99. The van der Waals surface area contributed by atoms with Crippen LogP contribution in [0.1, 0.15) is 18.1 Å². The number of nitrogens with one attached hydrogen (secondary N) is 1. The Bertz CT molecular complexity index is 893. The van der Waals surface area contributed by atoms with Crippen molar-refractivity contribution in [3.63, 3.8) is 0 Å². The Morgan fingerprint density at radius 2 is 2.07 bits per heavy atom. The number of nitrogens with zero attached hydrogens (tertiary/aromatic N) is 2. The van der Waals surface area contributed by atoms with Gasteiger partial charge in [0.15, 0.2) is 11.5 Å². The van der Waals surface area contributed by atoms with Crippen LogP contribution < -0.4 is 14.8 Å². The minimum Gasteiger partial charge on any atom is -0.493 e. The molecule has 0 heterocycles. The number of halogens is 1. The third kappa shape index (κ3) is 5.36. The van der Waals surface area contributed by atoms with Gasteiger partial charge in [0.2, 0.25) is 6.10 Å². The largest absolute Gasteiger partial charge is 0.493 e. The second kappa shape index (κ2) is 9.46. The smallest absolute Gasteiger partial charge is 0.267 e. The van der Waals surface area contributed by atoms with Crippen LogP contribution in [-0.4, -0.2) is 32.4 Å². The predicted molar refractivity (Wildman–Crippen MR) is 102 cm³/mol. The highest BCUT2D eigenvalue weighted by Crippen LogP contribution is 2.35. The topological polar surface area (TPSA) is 92.9 Å². The molecule has 2 rings (SSSR count). The van der Waals surface area contributed by atoms with Gasteiger partial charge in [-0.15, -0.1) is 0 Å². The number of methoxy groups -OCH3 is 2. The quantitative estimate of drug-likeness (QED) is 0.578. The first-order valence-electron chi connectivity index (χ1n) is 7.90. The lowest BCUT2D eigenvalue weighted by Gasteiger charge is -2.11. The SMILES string of the molecule is COc1cc(/C=N\O[C@H](C)C(=O)Nc2cccc(C#N)c2)cc(Cl)c1OC. The maximum Gasteiger partial charge on any atom is 0.267 e. The van der Waals surface area contributed by atoms with E-state index in [9.17, 15) is 4.79 Å².